The molecule has 17 heavy (non-hydrogen) atoms. The summed E-state index contributed by atoms with van der Waals surface area (Å²) >= 11 is 0. The van der Waals surface area contributed by atoms with Crippen molar-refractivity contribution in [3.8, 4) is 11.5 Å². The van der Waals surface area contributed by atoms with Crippen molar-refractivity contribution in [1.82, 2.24) is 4.98 Å². The van der Waals surface area contributed by atoms with Crippen LogP contribution in [0, 0.1) is 6.92 Å². The highest BCUT2D eigenvalue weighted by molar-refractivity contribution is 5.48. The molecule has 0 amide bonds. The summed E-state index contributed by atoms with van der Waals surface area (Å²) in [6.45, 7) is 2.40. The van der Waals surface area contributed by atoms with E-state index < -0.39 is 0 Å². The topological polar surface area (TPSA) is 65.4 Å². The van der Waals surface area contributed by atoms with Crippen LogP contribution >= 0.6 is 0 Å². The summed E-state index contributed by atoms with van der Waals surface area (Å²) in [6, 6.07) is 6.87. The third-order valence-corrected chi connectivity index (χ3v) is 2.46. The lowest BCUT2D eigenvalue weighted by molar-refractivity contribution is 0.400. The maximum Gasteiger partial charge on any atom is 0.162 e. The van der Waals surface area contributed by atoms with Crippen molar-refractivity contribution in [1.29, 1.82) is 0 Å². The Hall–Kier alpha value is -2.23. The van der Waals surface area contributed by atoms with E-state index in [-0.39, 0.29) is 11.5 Å². The number of hydrogen-bond acceptors (Lipinski definition) is 4. The largest absolute Gasteiger partial charge is 0.504 e. The number of aromatic hydroxyl groups is 2. The lowest BCUT2D eigenvalue weighted by atomic mass is 10.2. The van der Waals surface area contributed by atoms with E-state index in [0.717, 1.165) is 11.3 Å². The number of hydrogen-bond donors (Lipinski definition) is 3. The number of aromatic nitrogens is 1. The fourth-order valence-electron chi connectivity index (χ4n) is 1.57. The van der Waals surface area contributed by atoms with E-state index >= 15 is 0 Å². The van der Waals surface area contributed by atoms with Crippen molar-refractivity contribution < 1.29 is 10.2 Å². The van der Waals surface area contributed by atoms with E-state index in [0.29, 0.717) is 12.1 Å². The molecule has 0 unspecified atom stereocenters. The Labute approximate surface area is 99.6 Å². The molecule has 0 aliphatic rings. The van der Waals surface area contributed by atoms with Gasteiger partial charge in [-0.15, -0.1) is 0 Å². The molecule has 88 valence electrons. The summed E-state index contributed by atoms with van der Waals surface area (Å²) in [5, 5.41) is 22.1. The predicted octanol–water partition coefficient (Wildman–Crippen LogP) is 2.41. The lowest BCUT2D eigenvalue weighted by Gasteiger charge is -2.09. The number of rotatable bonds is 3. The van der Waals surface area contributed by atoms with Gasteiger partial charge in [0.05, 0.1) is 5.69 Å². The van der Waals surface area contributed by atoms with E-state index in [4.69, 9.17) is 0 Å². The maximum absolute atomic E-state index is 9.62. The van der Waals surface area contributed by atoms with Crippen LogP contribution in [0.2, 0.25) is 0 Å². The Kier molecular flexibility index (Phi) is 3.14. The number of benzene rings is 1. The summed E-state index contributed by atoms with van der Waals surface area (Å²) in [4.78, 5) is 4.06. The minimum absolute atomic E-state index is 0.0828. The van der Waals surface area contributed by atoms with Crippen molar-refractivity contribution in [3.05, 3.63) is 47.8 Å². The first kappa shape index (κ1) is 11.3. The number of anilines is 1. The predicted molar refractivity (Wildman–Crippen MR) is 66.1 cm³/mol. The molecule has 0 spiro atoms. The summed E-state index contributed by atoms with van der Waals surface area (Å²) in [6.07, 6.45) is 3.49. The van der Waals surface area contributed by atoms with Gasteiger partial charge in [0.15, 0.2) is 11.5 Å². The molecule has 0 saturated carbocycles. The van der Waals surface area contributed by atoms with Crippen molar-refractivity contribution >= 4 is 5.69 Å². The zero-order valence-electron chi connectivity index (χ0n) is 9.51. The second kappa shape index (κ2) is 4.74. The van der Waals surface area contributed by atoms with E-state index in [2.05, 4.69) is 10.3 Å². The Morgan fingerprint density at radius 2 is 2.06 bits per heavy atom. The van der Waals surface area contributed by atoms with Crippen molar-refractivity contribution in [2.24, 2.45) is 0 Å². The quantitative estimate of drug-likeness (QED) is 0.708. The molecule has 4 heteroatoms. The Morgan fingerprint density at radius 3 is 2.82 bits per heavy atom. The average molecular weight is 230 g/mol. The number of phenolic OH excluding ortho intramolecular Hbond substituents is 2. The van der Waals surface area contributed by atoms with E-state index in [1.807, 2.05) is 13.0 Å². The summed E-state index contributed by atoms with van der Waals surface area (Å²) < 4.78 is 0. The molecule has 1 heterocycles. The van der Waals surface area contributed by atoms with Crippen LogP contribution in [0.15, 0.2) is 36.7 Å². The molecule has 2 rings (SSSR count). The van der Waals surface area contributed by atoms with Crippen LogP contribution in [0.4, 0.5) is 5.69 Å². The second-order valence-corrected chi connectivity index (χ2v) is 3.89. The molecule has 0 fully saturated rings. The van der Waals surface area contributed by atoms with Gasteiger partial charge in [-0.3, -0.25) is 4.98 Å². The van der Waals surface area contributed by atoms with Crippen molar-refractivity contribution in [2.75, 3.05) is 5.32 Å². The summed E-state index contributed by atoms with van der Waals surface area (Å²) in [5.74, 6) is -0.188. The van der Waals surface area contributed by atoms with E-state index in [1.54, 1.807) is 24.5 Å². The van der Waals surface area contributed by atoms with Gasteiger partial charge in [-0.25, -0.2) is 0 Å². The van der Waals surface area contributed by atoms with Gasteiger partial charge in [-0.1, -0.05) is 12.1 Å². The summed E-state index contributed by atoms with van der Waals surface area (Å²) in [5.41, 5.74) is 2.59. The van der Waals surface area contributed by atoms with Crippen LogP contribution in [-0.4, -0.2) is 15.2 Å². The molecule has 2 aromatic rings. The van der Waals surface area contributed by atoms with Gasteiger partial charge < -0.3 is 15.5 Å². The first-order valence-electron chi connectivity index (χ1n) is 5.32. The molecule has 0 bridgehead atoms. The highest BCUT2D eigenvalue weighted by atomic mass is 16.3. The molecule has 1 aromatic carbocycles. The molecule has 3 N–H and O–H groups in total. The average Bonchev–Trinajstić information content (AvgIpc) is 2.31. The van der Waals surface area contributed by atoms with Gasteiger partial charge in [0.2, 0.25) is 0 Å². The van der Waals surface area contributed by atoms with Crippen LogP contribution in [-0.2, 0) is 6.54 Å². The van der Waals surface area contributed by atoms with Crippen molar-refractivity contribution in [3.63, 3.8) is 0 Å². The molecule has 1 aromatic heterocycles. The minimum Gasteiger partial charge on any atom is -0.504 e. The first-order chi connectivity index (χ1) is 8.16. The fourth-order valence-corrected chi connectivity index (χ4v) is 1.57. The molecule has 0 atom stereocenters. The second-order valence-electron chi connectivity index (χ2n) is 3.89. The molecule has 0 aliphatic heterocycles. The molecular weight excluding hydrogens is 216 g/mol. The maximum atomic E-state index is 9.62. The number of pyridine rings is 1. The smallest absolute Gasteiger partial charge is 0.162 e. The van der Waals surface area contributed by atoms with E-state index in [1.165, 1.54) is 6.07 Å². The number of nitrogens with one attached hydrogen (secondary N) is 1. The minimum atomic E-state index is -0.105. The van der Waals surface area contributed by atoms with Gasteiger partial charge in [-0.05, 0) is 24.6 Å². The Balaban J connectivity index is 2.10. The lowest BCUT2D eigenvalue weighted by Crippen LogP contribution is -2.00. The van der Waals surface area contributed by atoms with Crippen LogP contribution in [0.5, 0.6) is 11.5 Å². The van der Waals surface area contributed by atoms with Gasteiger partial charge >= 0.3 is 0 Å². The number of aryl methyl sites for hydroxylation is 1. The number of phenols is 2. The number of para-hydroxylation sites is 1. The van der Waals surface area contributed by atoms with Crippen LogP contribution in [0.1, 0.15) is 11.1 Å². The third kappa shape index (κ3) is 2.66. The molecule has 4 nitrogen and oxygen atoms in total. The Morgan fingerprint density at radius 1 is 1.24 bits per heavy atom. The fraction of sp³-hybridized carbons (Fsp3) is 0.154. The number of nitrogens with zero attached hydrogens (tertiary/aromatic N) is 1. The monoisotopic (exact) mass is 230 g/mol. The third-order valence-electron chi connectivity index (χ3n) is 2.46. The van der Waals surface area contributed by atoms with Crippen LogP contribution in [0.25, 0.3) is 0 Å². The highest BCUT2D eigenvalue weighted by Gasteiger charge is 2.05. The molecule has 0 saturated heterocycles. The first-order valence-corrected chi connectivity index (χ1v) is 5.32. The van der Waals surface area contributed by atoms with Gasteiger partial charge in [0.25, 0.3) is 0 Å². The normalized spacial score (nSPS) is 10.2. The standard InChI is InChI=1S/C13H14N2O2/c1-9-5-11(8-14-6-9)15-7-10-3-2-4-12(16)13(10)17/h2-6,8,15-17H,7H2,1H3. The zero-order chi connectivity index (χ0) is 12.3. The molecule has 0 aliphatic carbocycles. The van der Waals surface area contributed by atoms with Gasteiger partial charge in [0, 0.05) is 24.5 Å². The van der Waals surface area contributed by atoms with Crippen molar-refractivity contribution in [2.45, 2.75) is 13.5 Å². The van der Waals surface area contributed by atoms with Gasteiger partial charge in [-0.2, -0.15) is 0 Å². The Bertz CT molecular complexity index is 527. The summed E-state index contributed by atoms with van der Waals surface area (Å²) in [7, 11) is 0. The SMILES string of the molecule is Cc1cncc(NCc2cccc(O)c2O)c1. The van der Waals surface area contributed by atoms with Crippen LogP contribution in [0.3, 0.4) is 0 Å². The zero-order valence-corrected chi connectivity index (χ0v) is 9.51. The van der Waals surface area contributed by atoms with E-state index in [9.17, 15) is 10.2 Å². The molecular formula is C13H14N2O2. The highest BCUT2D eigenvalue weighted by Crippen LogP contribution is 2.28. The molecule has 0 radical (unpaired) electrons. The van der Waals surface area contributed by atoms with Crippen LogP contribution < -0.4 is 5.32 Å². The van der Waals surface area contributed by atoms with Gasteiger partial charge in [0.1, 0.15) is 0 Å².